The molecule has 0 unspecified atom stereocenters. The Kier molecular flexibility index (Phi) is 6.03. The Morgan fingerprint density at radius 1 is 0.952 bits per heavy atom. The van der Waals surface area contributed by atoms with E-state index in [2.05, 4.69) is 0 Å². The lowest BCUT2D eigenvalue weighted by Gasteiger charge is -2.42. The van der Waals surface area contributed by atoms with Crippen molar-refractivity contribution >= 4 is 17.9 Å². The lowest BCUT2D eigenvalue weighted by atomic mass is 9.98. The van der Waals surface area contributed by atoms with Crippen LogP contribution < -0.4 is 0 Å². The van der Waals surface area contributed by atoms with Crippen LogP contribution in [0, 0.1) is 0 Å². The third-order valence-electron chi connectivity index (χ3n) is 2.67. The summed E-state index contributed by atoms with van der Waals surface area (Å²) < 4.78 is 32.5. The Labute approximate surface area is 120 Å². The number of ether oxygens (including phenoxy) is 4. The van der Waals surface area contributed by atoms with Crippen LogP contribution in [0.15, 0.2) is 0 Å². The quantitative estimate of drug-likeness (QED) is 0.545. The summed E-state index contributed by atoms with van der Waals surface area (Å²) in [7, 11) is 0. The van der Waals surface area contributed by atoms with Gasteiger partial charge in [0.25, 0.3) is 0 Å². The predicted octanol–water partition coefficient (Wildman–Crippen LogP) is -0.532. The van der Waals surface area contributed by atoms with Crippen molar-refractivity contribution in [3.8, 4) is 0 Å². The maximum Gasteiger partial charge on any atom is 0.303 e. The normalized spacial score (nSPS) is 32.1. The first-order valence-corrected chi connectivity index (χ1v) is 6.17. The molecular formula is C12H17FO8. The molecule has 1 fully saturated rings. The molecule has 0 aromatic rings. The SMILES string of the molecule is CC(=O)O[C@@H]1[C@@H](OC(C)=O)[C@@H](O)O[C@H](CF)[C@H]1OC(C)=O. The van der Waals surface area contributed by atoms with Gasteiger partial charge in [-0.3, -0.25) is 14.4 Å². The molecule has 1 saturated heterocycles. The summed E-state index contributed by atoms with van der Waals surface area (Å²) in [6, 6.07) is 0. The first kappa shape index (κ1) is 17.3. The number of halogens is 1. The number of esters is 3. The lowest BCUT2D eigenvalue weighted by molar-refractivity contribution is -0.292. The van der Waals surface area contributed by atoms with E-state index in [4.69, 9.17) is 18.9 Å². The van der Waals surface area contributed by atoms with E-state index in [1.54, 1.807) is 0 Å². The zero-order chi connectivity index (χ0) is 16.2. The van der Waals surface area contributed by atoms with Crippen molar-refractivity contribution < 1.29 is 42.8 Å². The van der Waals surface area contributed by atoms with E-state index >= 15 is 0 Å². The van der Waals surface area contributed by atoms with Crippen LogP contribution in [0.3, 0.4) is 0 Å². The van der Waals surface area contributed by atoms with Crippen LogP contribution in [-0.2, 0) is 33.3 Å². The molecule has 0 aromatic heterocycles. The summed E-state index contributed by atoms with van der Waals surface area (Å²) in [5.41, 5.74) is 0. The minimum absolute atomic E-state index is 0.767. The van der Waals surface area contributed by atoms with Crippen LogP contribution in [0.1, 0.15) is 20.8 Å². The smallest absolute Gasteiger partial charge is 0.303 e. The molecule has 0 bridgehead atoms. The van der Waals surface area contributed by atoms with Crippen molar-refractivity contribution in [1.29, 1.82) is 0 Å². The van der Waals surface area contributed by atoms with Crippen LogP contribution >= 0.6 is 0 Å². The van der Waals surface area contributed by atoms with Gasteiger partial charge in [-0.1, -0.05) is 0 Å². The highest BCUT2D eigenvalue weighted by Gasteiger charge is 2.51. The van der Waals surface area contributed by atoms with Gasteiger partial charge in [-0.2, -0.15) is 0 Å². The van der Waals surface area contributed by atoms with E-state index in [9.17, 15) is 23.9 Å². The molecule has 0 aliphatic carbocycles. The molecule has 1 N–H and O–H groups in total. The first-order valence-electron chi connectivity index (χ1n) is 6.17. The van der Waals surface area contributed by atoms with Crippen molar-refractivity contribution in [3.05, 3.63) is 0 Å². The molecule has 0 saturated carbocycles. The number of aliphatic hydroxyl groups is 1. The molecule has 21 heavy (non-hydrogen) atoms. The molecule has 120 valence electrons. The van der Waals surface area contributed by atoms with Crippen LogP contribution in [0.2, 0.25) is 0 Å². The second-order valence-corrected chi connectivity index (χ2v) is 4.44. The Morgan fingerprint density at radius 3 is 1.81 bits per heavy atom. The van der Waals surface area contributed by atoms with E-state index in [1.807, 2.05) is 0 Å². The number of hydrogen-bond acceptors (Lipinski definition) is 8. The maximum absolute atomic E-state index is 13.0. The second-order valence-electron chi connectivity index (χ2n) is 4.44. The van der Waals surface area contributed by atoms with Crippen molar-refractivity contribution in [2.45, 2.75) is 51.5 Å². The van der Waals surface area contributed by atoms with Gasteiger partial charge in [0, 0.05) is 20.8 Å². The fraction of sp³-hybridized carbons (Fsp3) is 0.750. The number of hydrogen-bond donors (Lipinski definition) is 1. The molecule has 0 radical (unpaired) electrons. The maximum atomic E-state index is 13.0. The molecule has 9 heteroatoms. The van der Waals surface area contributed by atoms with Gasteiger partial charge in [0.15, 0.2) is 24.6 Å². The molecule has 0 aromatic carbocycles. The average Bonchev–Trinajstić information content (AvgIpc) is 2.35. The van der Waals surface area contributed by atoms with Crippen molar-refractivity contribution in [3.63, 3.8) is 0 Å². The highest BCUT2D eigenvalue weighted by atomic mass is 19.1. The third kappa shape index (κ3) is 4.64. The van der Waals surface area contributed by atoms with E-state index in [0.29, 0.717) is 0 Å². The Morgan fingerprint density at radius 2 is 1.38 bits per heavy atom. The van der Waals surface area contributed by atoms with Gasteiger partial charge < -0.3 is 24.1 Å². The average molecular weight is 308 g/mol. The molecular weight excluding hydrogens is 291 g/mol. The molecule has 1 aliphatic heterocycles. The number of alkyl halides is 1. The van der Waals surface area contributed by atoms with Gasteiger partial charge in [0.05, 0.1) is 0 Å². The highest BCUT2D eigenvalue weighted by Crippen LogP contribution is 2.28. The Hall–Kier alpha value is -1.74. The van der Waals surface area contributed by atoms with Crippen molar-refractivity contribution in [2.24, 2.45) is 0 Å². The van der Waals surface area contributed by atoms with Gasteiger partial charge in [-0.05, 0) is 0 Å². The van der Waals surface area contributed by atoms with E-state index in [0.717, 1.165) is 20.8 Å². The van der Waals surface area contributed by atoms with Gasteiger partial charge in [0.2, 0.25) is 0 Å². The number of carbonyl (C=O) groups excluding carboxylic acids is 3. The van der Waals surface area contributed by atoms with Gasteiger partial charge in [0.1, 0.15) is 12.8 Å². The Bertz CT molecular complexity index is 412. The molecule has 1 rings (SSSR count). The van der Waals surface area contributed by atoms with Crippen LogP contribution in [-0.4, -0.2) is 60.4 Å². The summed E-state index contributed by atoms with van der Waals surface area (Å²) in [5, 5.41) is 9.76. The summed E-state index contributed by atoms with van der Waals surface area (Å²) in [6.45, 7) is 2.12. The zero-order valence-corrected chi connectivity index (χ0v) is 11.8. The topological polar surface area (TPSA) is 108 Å². The molecule has 5 atom stereocenters. The number of carbonyl (C=O) groups is 3. The van der Waals surface area contributed by atoms with Crippen LogP contribution in [0.25, 0.3) is 0 Å². The fourth-order valence-corrected chi connectivity index (χ4v) is 2.00. The van der Waals surface area contributed by atoms with E-state index in [-0.39, 0.29) is 0 Å². The number of aliphatic hydroxyl groups excluding tert-OH is 1. The minimum atomic E-state index is -1.72. The zero-order valence-electron chi connectivity index (χ0n) is 11.8. The highest BCUT2D eigenvalue weighted by molar-refractivity contribution is 5.68. The van der Waals surface area contributed by atoms with Crippen LogP contribution in [0.4, 0.5) is 4.39 Å². The van der Waals surface area contributed by atoms with Crippen molar-refractivity contribution in [1.82, 2.24) is 0 Å². The third-order valence-corrected chi connectivity index (χ3v) is 2.67. The molecule has 0 amide bonds. The number of rotatable bonds is 4. The monoisotopic (exact) mass is 308 g/mol. The van der Waals surface area contributed by atoms with Gasteiger partial charge in [-0.15, -0.1) is 0 Å². The molecule has 8 nitrogen and oxygen atoms in total. The van der Waals surface area contributed by atoms with E-state index in [1.165, 1.54) is 0 Å². The van der Waals surface area contributed by atoms with Crippen molar-refractivity contribution in [2.75, 3.05) is 6.67 Å². The van der Waals surface area contributed by atoms with Gasteiger partial charge >= 0.3 is 17.9 Å². The Balaban J connectivity index is 3.08. The largest absolute Gasteiger partial charge is 0.456 e. The second kappa shape index (κ2) is 7.32. The standard InChI is InChI=1S/C12H17FO8/c1-5(14)18-9-8(4-13)21-12(17)11(20-7(3)16)10(9)19-6(2)15/h8-12,17H,4H2,1-3H3/t8-,9-,10+,11-,12+/m1/s1. The summed E-state index contributed by atoms with van der Waals surface area (Å²) >= 11 is 0. The minimum Gasteiger partial charge on any atom is -0.456 e. The van der Waals surface area contributed by atoms with Gasteiger partial charge in [-0.25, -0.2) is 4.39 Å². The molecule has 1 heterocycles. The predicted molar refractivity (Wildman–Crippen MR) is 63.5 cm³/mol. The molecule has 0 spiro atoms. The fourth-order valence-electron chi connectivity index (χ4n) is 2.00. The van der Waals surface area contributed by atoms with Crippen LogP contribution in [0.5, 0.6) is 0 Å². The summed E-state index contributed by atoms with van der Waals surface area (Å²) in [4.78, 5) is 33.3. The summed E-state index contributed by atoms with van der Waals surface area (Å²) in [6.07, 6.45) is -7.21. The lowest BCUT2D eigenvalue weighted by Crippen LogP contribution is -2.61. The first-order chi connectivity index (χ1) is 9.76. The summed E-state index contributed by atoms with van der Waals surface area (Å²) in [5.74, 6) is -2.32. The van der Waals surface area contributed by atoms with E-state index < -0.39 is 55.3 Å². The molecule has 1 aliphatic rings.